The minimum Gasteiger partial charge on any atom is -0.382 e. The Morgan fingerprint density at radius 3 is 2.79 bits per heavy atom. The van der Waals surface area contributed by atoms with Crippen LogP contribution in [-0.4, -0.2) is 23.4 Å². The van der Waals surface area contributed by atoms with Gasteiger partial charge in [-0.05, 0) is 25.3 Å². The van der Waals surface area contributed by atoms with Crippen molar-refractivity contribution in [3.05, 3.63) is 35.5 Å². The first-order valence-corrected chi connectivity index (χ1v) is 6.74. The van der Waals surface area contributed by atoms with Gasteiger partial charge in [-0.25, -0.2) is 0 Å². The van der Waals surface area contributed by atoms with Crippen LogP contribution < -0.4 is 5.73 Å². The zero-order chi connectivity index (χ0) is 13.2. The molecule has 0 radical (unpaired) electrons. The number of anilines is 1. The van der Waals surface area contributed by atoms with E-state index >= 15 is 0 Å². The van der Waals surface area contributed by atoms with Gasteiger partial charge in [0.2, 0.25) is 0 Å². The summed E-state index contributed by atoms with van der Waals surface area (Å²) < 4.78 is 5.57. The van der Waals surface area contributed by atoms with Crippen molar-refractivity contribution in [3.63, 3.8) is 0 Å². The molecule has 1 aromatic heterocycles. The molecule has 0 aliphatic carbocycles. The van der Waals surface area contributed by atoms with Gasteiger partial charge >= 0.3 is 0 Å². The Kier molecular flexibility index (Phi) is 3.25. The number of nitrogen functional groups attached to an aromatic ring is 1. The maximum Gasteiger partial charge on any atom is 0.153 e. The molecule has 0 saturated carbocycles. The zero-order valence-electron chi connectivity index (χ0n) is 11.1. The van der Waals surface area contributed by atoms with Crippen LogP contribution in [0, 0.1) is 6.92 Å². The second-order valence-electron chi connectivity index (χ2n) is 5.18. The number of hydrogen-bond donors (Lipinski definition) is 2. The van der Waals surface area contributed by atoms with Crippen LogP contribution in [0.4, 0.5) is 5.82 Å². The number of ether oxygens (including phenoxy) is 1. The second-order valence-corrected chi connectivity index (χ2v) is 5.18. The largest absolute Gasteiger partial charge is 0.382 e. The van der Waals surface area contributed by atoms with Crippen LogP contribution in [0.3, 0.4) is 0 Å². The summed E-state index contributed by atoms with van der Waals surface area (Å²) in [7, 11) is 0. The molecule has 4 heteroatoms. The molecule has 0 spiro atoms. The molecule has 1 saturated heterocycles. The number of nitrogens with zero attached hydrogens (tertiary/aromatic N) is 1. The number of nitrogens with one attached hydrogen (secondary N) is 1. The molecule has 1 fully saturated rings. The van der Waals surface area contributed by atoms with E-state index in [-0.39, 0.29) is 0 Å². The SMILES string of the molecule is Cc1ccc(-c2c(N)n[nH]c2C2CCCOC2)cc1. The van der Waals surface area contributed by atoms with Gasteiger partial charge in [-0.2, -0.15) is 5.10 Å². The fourth-order valence-electron chi connectivity index (χ4n) is 2.66. The van der Waals surface area contributed by atoms with Gasteiger partial charge in [0.1, 0.15) is 0 Å². The Hall–Kier alpha value is -1.81. The van der Waals surface area contributed by atoms with E-state index < -0.39 is 0 Å². The summed E-state index contributed by atoms with van der Waals surface area (Å²) in [6.07, 6.45) is 2.22. The molecule has 2 heterocycles. The molecule has 0 bridgehead atoms. The van der Waals surface area contributed by atoms with E-state index in [1.165, 1.54) is 5.56 Å². The third-order valence-electron chi connectivity index (χ3n) is 3.73. The quantitative estimate of drug-likeness (QED) is 0.869. The Bertz CT molecular complexity index is 553. The third-order valence-corrected chi connectivity index (χ3v) is 3.73. The molecule has 1 unspecified atom stereocenters. The predicted molar refractivity (Wildman–Crippen MR) is 76.0 cm³/mol. The maximum atomic E-state index is 6.03. The summed E-state index contributed by atoms with van der Waals surface area (Å²) in [5, 5.41) is 7.29. The fraction of sp³-hybridized carbons (Fsp3) is 0.400. The topological polar surface area (TPSA) is 63.9 Å². The van der Waals surface area contributed by atoms with Crippen LogP contribution in [-0.2, 0) is 4.74 Å². The Labute approximate surface area is 113 Å². The lowest BCUT2D eigenvalue weighted by atomic mass is 9.92. The first-order valence-electron chi connectivity index (χ1n) is 6.74. The van der Waals surface area contributed by atoms with E-state index in [2.05, 4.69) is 41.4 Å². The highest BCUT2D eigenvalue weighted by Crippen LogP contribution is 2.35. The summed E-state index contributed by atoms with van der Waals surface area (Å²) in [5.41, 5.74) is 10.6. The van der Waals surface area contributed by atoms with Crippen LogP contribution in [0.5, 0.6) is 0 Å². The highest BCUT2D eigenvalue weighted by atomic mass is 16.5. The third kappa shape index (κ3) is 2.36. The molecule has 1 aliphatic heterocycles. The average molecular weight is 257 g/mol. The van der Waals surface area contributed by atoms with Gasteiger partial charge in [0, 0.05) is 18.1 Å². The standard InChI is InChI=1S/C15H19N3O/c1-10-4-6-11(7-5-10)13-14(17-18-15(13)16)12-3-2-8-19-9-12/h4-7,12H,2-3,8-9H2,1H3,(H3,16,17,18). The van der Waals surface area contributed by atoms with Crippen LogP contribution in [0.25, 0.3) is 11.1 Å². The number of aromatic nitrogens is 2. The van der Waals surface area contributed by atoms with Gasteiger partial charge < -0.3 is 10.5 Å². The van der Waals surface area contributed by atoms with Gasteiger partial charge in [-0.15, -0.1) is 0 Å². The molecule has 19 heavy (non-hydrogen) atoms. The van der Waals surface area contributed by atoms with Crippen molar-refractivity contribution in [2.75, 3.05) is 18.9 Å². The van der Waals surface area contributed by atoms with Crippen molar-refractivity contribution in [1.29, 1.82) is 0 Å². The number of benzene rings is 1. The van der Waals surface area contributed by atoms with Gasteiger partial charge in [0.05, 0.1) is 12.3 Å². The minimum absolute atomic E-state index is 0.370. The van der Waals surface area contributed by atoms with Gasteiger partial charge in [0.25, 0.3) is 0 Å². The number of H-pyrrole nitrogens is 1. The average Bonchev–Trinajstić information content (AvgIpc) is 2.83. The second kappa shape index (κ2) is 5.05. The molecule has 3 rings (SSSR count). The van der Waals surface area contributed by atoms with Gasteiger partial charge in [0.15, 0.2) is 5.82 Å². The Morgan fingerprint density at radius 2 is 2.11 bits per heavy atom. The Balaban J connectivity index is 2.00. The molecule has 100 valence electrons. The molecular formula is C15H19N3O. The molecule has 4 nitrogen and oxygen atoms in total. The highest BCUT2D eigenvalue weighted by molar-refractivity contribution is 5.76. The first kappa shape index (κ1) is 12.2. The van der Waals surface area contributed by atoms with Crippen molar-refractivity contribution < 1.29 is 4.74 Å². The van der Waals surface area contributed by atoms with Crippen LogP contribution in [0.2, 0.25) is 0 Å². The molecule has 1 aromatic carbocycles. The van der Waals surface area contributed by atoms with Gasteiger partial charge in [-0.1, -0.05) is 29.8 Å². The minimum atomic E-state index is 0.370. The van der Waals surface area contributed by atoms with Crippen molar-refractivity contribution >= 4 is 5.82 Å². The molecule has 1 aliphatic rings. The van der Waals surface area contributed by atoms with Gasteiger partial charge in [-0.3, -0.25) is 5.10 Å². The molecule has 0 amide bonds. The van der Waals surface area contributed by atoms with E-state index in [1.807, 2.05) is 0 Å². The van der Waals surface area contributed by atoms with Crippen LogP contribution >= 0.6 is 0 Å². The lowest BCUT2D eigenvalue weighted by molar-refractivity contribution is 0.0794. The van der Waals surface area contributed by atoms with E-state index in [9.17, 15) is 0 Å². The highest BCUT2D eigenvalue weighted by Gasteiger charge is 2.23. The number of rotatable bonds is 2. The molecular weight excluding hydrogens is 238 g/mol. The van der Waals surface area contributed by atoms with E-state index in [1.54, 1.807) is 0 Å². The maximum absolute atomic E-state index is 6.03. The first-order chi connectivity index (χ1) is 9.25. The predicted octanol–water partition coefficient (Wildman–Crippen LogP) is 2.86. The van der Waals surface area contributed by atoms with E-state index in [0.29, 0.717) is 11.7 Å². The molecule has 3 N–H and O–H groups in total. The monoisotopic (exact) mass is 257 g/mol. The summed E-state index contributed by atoms with van der Waals surface area (Å²) in [6.45, 7) is 3.69. The molecule has 2 aromatic rings. The number of aromatic amines is 1. The fourth-order valence-corrected chi connectivity index (χ4v) is 2.66. The number of aryl methyl sites for hydroxylation is 1. The summed E-state index contributed by atoms with van der Waals surface area (Å²) in [4.78, 5) is 0. The normalized spacial score (nSPS) is 19.5. The van der Waals surface area contributed by atoms with Crippen LogP contribution in [0.1, 0.15) is 30.0 Å². The van der Waals surface area contributed by atoms with Crippen molar-refractivity contribution in [2.24, 2.45) is 0 Å². The van der Waals surface area contributed by atoms with Crippen molar-refractivity contribution in [3.8, 4) is 11.1 Å². The Morgan fingerprint density at radius 1 is 1.32 bits per heavy atom. The van der Waals surface area contributed by atoms with Crippen molar-refractivity contribution in [2.45, 2.75) is 25.7 Å². The zero-order valence-corrected chi connectivity index (χ0v) is 11.1. The summed E-state index contributed by atoms with van der Waals surface area (Å²) >= 11 is 0. The van der Waals surface area contributed by atoms with Crippen LogP contribution in [0.15, 0.2) is 24.3 Å². The number of hydrogen-bond acceptors (Lipinski definition) is 3. The van der Waals surface area contributed by atoms with Crippen molar-refractivity contribution in [1.82, 2.24) is 10.2 Å². The summed E-state index contributed by atoms with van der Waals surface area (Å²) in [5.74, 6) is 0.944. The molecule has 1 atom stereocenters. The lowest BCUT2D eigenvalue weighted by Crippen LogP contribution is -2.16. The van der Waals surface area contributed by atoms with E-state index in [0.717, 1.165) is 42.9 Å². The number of nitrogens with two attached hydrogens (primary N) is 1. The smallest absolute Gasteiger partial charge is 0.153 e. The lowest BCUT2D eigenvalue weighted by Gasteiger charge is -2.22. The summed E-state index contributed by atoms with van der Waals surface area (Å²) in [6, 6.07) is 8.40. The van der Waals surface area contributed by atoms with E-state index in [4.69, 9.17) is 10.5 Å².